The molecule has 0 aliphatic rings. The highest BCUT2D eigenvalue weighted by molar-refractivity contribution is 7.21. The van der Waals surface area contributed by atoms with E-state index in [9.17, 15) is 5.26 Å². The van der Waals surface area contributed by atoms with Crippen LogP contribution in [0, 0.1) is 11.3 Å². The van der Waals surface area contributed by atoms with E-state index in [4.69, 9.17) is 0 Å². The summed E-state index contributed by atoms with van der Waals surface area (Å²) in [5, 5.41) is 11.8. The van der Waals surface area contributed by atoms with Crippen molar-refractivity contribution in [2.24, 2.45) is 0 Å². The quantitative estimate of drug-likeness (QED) is 0.425. The number of aromatic amines is 1. The SMILES string of the molecule is N#Cc1cnc2sc(-c3ccccc3)cc2c1-c1ccc2[nH]ccc2c1. The normalized spacial score (nSPS) is 11.0. The summed E-state index contributed by atoms with van der Waals surface area (Å²) in [5.74, 6) is 0. The number of pyridine rings is 1. The van der Waals surface area contributed by atoms with Gasteiger partial charge in [0.2, 0.25) is 0 Å². The molecule has 26 heavy (non-hydrogen) atoms. The molecule has 0 unspecified atom stereocenters. The van der Waals surface area contributed by atoms with Crippen LogP contribution >= 0.6 is 11.3 Å². The summed E-state index contributed by atoms with van der Waals surface area (Å²) in [6.07, 6.45) is 3.62. The van der Waals surface area contributed by atoms with E-state index in [2.05, 4.69) is 52.4 Å². The van der Waals surface area contributed by atoms with Crippen LogP contribution in [0.1, 0.15) is 5.56 Å². The van der Waals surface area contributed by atoms with Crippen molar-refractivity contribution in [3.05, 3.63) is 78.6 Å². The summed E-state index contributed by atoms with van der Waals surface area (Å²) in [6.45, 7) is 0. The molecule has 0 saturated heterocycles. The number of nitrogens with zero attached hydrogens (tertiary/aromatic N) is 2. The first-order valence-electron chi connectivity index (χ1n) is 8.29. The Morgan fingerprint density at radius 3 is 2.69 bits per heavy atom. The van der Waals surface area contributed by atoms with Gasteiger partial charge in [-0.1, -0.05) is 36.4 Å². The lowest BCUT2D eigenvalue weighted by Gasteiger charge is -2.06. The summed E-state index contributed by atoms with van der Waals surface area (Å²) < 4.78 is 0. The van der Waals surface area contributed by atoms with E-state index < -0.39 is 0 Å². The second-order valence-electron chi connectivity index (χ2n) is 6.13. The van der Waals surface area contributed by atoms with Crippen molar-refractivity contribution in [3.8, 4) is 27.6 Å². The van der Waals surface area contributed by atoms with E-state index in [1.165, 1.54) is 5.56 Å². The average molecular weight is 351 g/mol. The largest absolute Gasteiger partial charge is 0.361 e. The van der Waals surface area contributed by atoms with Gasteiger partial charge in [0.1, 0.15) is 10.9 Å². The van der Waals surface area contributed by atoms with Crippen LogP contribution in [0.15, 0.2) is 73.1 Å². The Labute approximate surface area is 154 Å². The van der Waals surface area contributed by atoms with Gasteiger partial charge in [0, 0.05) is 33.7 Å². The molecule has 3 heterocycles. The molecule has 0 saturated carbocycles. The van der Waals surface area contributed by atoms with E-state index in [-0.39, 0.29) is 0 Å². The minimum Gasteiger partial charge on any atom is -0.361 e. The van der Waals surface area contributed by atoms with Gasteiger partial charge < -0.3 is 4.98 Å². The molecule has 0 aliphatic carbocycles. The van der Waals surface area contributed by atoms with Crippen molar-refractivity contribution >= 4 is 32.5 Å². The number of fused-ring (bicyclic) bond motifs is 2. The van der Waals surface area contributed by atoms with Crippen molar-refractivity contribution in [2.75, 3.05) is 0 Å². The Balaban J connectivity index is 1.79. The summed E-state index contributed by atoms with van der Waals surface area (Å²) >= 11 is 1.66. The maximum Gasteiger partial charge on any atom is 0.124 e. The molecule has 3 aromatic heterocycles. The van der Waals surface area contributed by atoms with Gasteiger partial charge in [0.05, 0.1) is 5.56 Å². The number of hydrogen-bond acceptors (Lipinski definition) is 3. The fraction of sp³-hybridized carbons (Fsp3) is 0. The Bertz CT molecular complexity index is 1290. The Kier molecular flexibility index (Phi) is 3.34. The van der Waals surface area contributed by atoms with E-state index in [1.807, 2.05) is 30.5 Å². The highest BCUT2D eigenvalue weighted by atomic mass is 32.1. The summed E-state index contributed by atoms with van der Waals surface area (Å²) in [6, 6.07) is 23.0. The van der Waals surface area contributed by atoms with Crippen molar-refractivity contribution in [2.45, 2.75) is 0 Å². The summed E-state index contributed by atoms with van der Waals surface area (Å²) in [7, 11) is 0. The second kappa shape index (κ2) is 5.83. The lowest BCUT2D eigenvalue weighted by molar-refractivity contribution is 1.39. The first-order valence-corrected chi connectivity index (χ1v) is 9.11. The molecule has 0 aliphatic heterocycles. The Morgan fingerprint density at radius 2 is 1.85 bits per heavy atom. The molecule has 1 N–H and O–H groups in total. The van der Waals surface area contributed by atoms with E-state index in [1.54, 1.807) is 17.5 Å². The maximum atomic E-state index is 9.64. The molecule has 0 radical (unpaired) electrons. The van der Waals surface area contributed by atoms with Crippen LogP contribution in [-0.4, -0.2) is 9.97 Å². The predicted octanol–water partition coefficient (Wildman–Crippen LogP) is 5.98. The molecule has 0 bridgehead atoms. The van der Waals surface area contributed by atoms with E-state index in [0.717, 1.165) is 37.1 Å². The molecular weight excluding hydrogens is 338 g/mol. The molecule has 0 fully saturated rings. The van der Waals surface area contributed by atoms with Crippen LogP contribution in [0.3, 0.4) is 0 Å². The van der Waals surface area contributed by atoms with Gasteiger partial charge >= 0.3 is 0 Å². The summed E-state index contributed by atoms with van der Waals surface area (Å²) in [4.78, 5) is 9.85. The molecule has 0 amide bonds. The number of thiophene rings is 1. The molecule has 0 spiro atoms. The molecule has 122 valence electrons. The van der Waals surface area contributed by atoms with Gasteiger partial charge in [0.15, 0.2) is 0 Å². The minimum atomic E-state index is 0.602. The Morgan fingerprint density at radius 1 is 0.962 bits per heavy atom. The van der Waals surface area contributed by atoms with Crippen LogP contribution < -0.4 is 0 Å². The standard InChI is InChI=1S/C22H13N3S/c23-12-17-13-25-22-18(11-20(26-22)14-4-2-1-3-5-14)21(17)16-6-7-19-15(10-16)8-9-24-19/h1-11,13,24H. The van der Waals surface area contributed by atoms with Gasteiger partial charge in [0.25, 0.3) is 0 Å². The third-order valence-corrected chi connectivity index (χ3v) is 5.67. The molecule has 5 rings (SSSR count). The number of nitrogens with one attached hydrogen (secondary N) is 1. The smallest absolute Gasteiger partial charge is 0.124 e. The van der Waals surface area contributed by atoms with Crippen molar-refractivity contribution < 1.29 is 0 Å². The van der Waals surface area contributed by atoms with Gasteiger partial charge in [-0.05, 0) is 40.8 Å². The third-order valence-electron chi connectivity index (χ3n) is 4.58. The third kappa shape index (κ3) is 2.30. The number of aromatic nitrogens is 2. The van der Waals surface area contributed by atoms with Crippen LogP contribution in [0.5, 0.6) is 0 Å². The van der Waals surface area contributed by atoms with Gasteiger partial charge in [-0.3, -0.25) is 0 Å². The fourth-order valence-electron chi connectivity index (χ4n) is 3.34. The van der Waals surface area contributed by atoms with Crippen LogP contribution in [0.4, 0.5) is 0 Å². The van der Waals surface area contributed by atoms with Crippen molar-refractivity contribution in [3.63, 3.8) is 0 Å². The van der Waals surface area contributed by atoms with Crippen molar-refractivity contribution in [1.82, 2.24) is 9.97 Å². The highest BCUT2D eigenvalue weighted by Crippen LogP contribution is 2.39. The monoisotopic (exact) mass is 351 g/mol. The first-order chi connectivity index (χ1) is 12.8. The molecule has 3 nitrogen and oxygen atoms in total. The average Bonchev–Trinajstić information content (AvgIpc) is 3.33. The lowest BCUT2D eigenvalue weighted by atomic mass is 9.97. The van der Waals surface area contributed by atoms with Gasteiger partial charge in [-0.2, -0.15) is 5.26 Å². The Hall–Kier alpha value is -3.42. The van der Waals surface area contributed by atoms with E-state index in [0.29, 0.717) is 5.56 Å². The number of nitriles is 1. The first kappa shape index (κ1) is 14.9. The topological polar surface area (TPSA) is 52.5 Å². The number of hydrogen-bond donors (Lipinski definition) is 1. The van der Waals surface area contributed by atoms with Crippen LogP contribution in [-0.2, 0) is 0 Å². The predicted molar refractivity (Wildman–Crippen MR) is 107 cm³/mol. The molecule has 5 aromatic rings. The van der Waals surface area contributed by atoms with Crippen LogP contribution in [0.25, 0.3) is 42.7 Å². The zero-order valence-corrected chi connectivity index (χ0v) is 14.5. The molecule has 4 heteroatoms. The number of rotatable bonds is 2. The fourth-order valence-corrected chi connectivity index (χ4v) is 4.35. The molecule has 0 atom stereocenters. The second-order valence-corrected chi connectivity index (χ2v) is 7.16. The molecular formula is C22H13N3S. The summed E-state index contributed by atoms with van der Waals surface area (Å²) in [5.41, 5.74) is 4.86. The van der Waals surface area contributed by atoms with Crippen molar-refractivity contribution in [1.29, 1.82) is 5.26 Å². The van der Waals surface area contributed by atoms with E-state index >= 15 is 0 Å². The molecule has 2 aromatic carbocycles. The van der Waals surface area contributed by atoms with Crippen LogP contribution in [0.2, 0.25) is 0 Å². The zero-order valence-electron chi connectivity index (χ0n) is 13.7. The number of H-pyrrole nitrogens is 1. The lowest BCUT2D eigenvalue weighted by Crippen LogP contribution is -1.87. The zero-order chi connectivity index (χ0) is 17.5. The highest BCUT2D eigenvalue weighted by Gasteiger charge is 2.15. The van der Waals surface area contributed by atoms with Gasteiger partial charge in [-0.25, -0.2) is 4.98 Å². The number of benzene rings is 2. The minimum absolute atomic E-state index is 0.602. The maximum absolute atomic E-state index is 9.64. The van der Waals surface area contributed by atoms with Gasteiger partial charge in [-0.15, -0.1) is 11.3 Å².